The normalized spacial score (nSPS) is 16.8. The summed E-state index contributed by atoms with van der Waals surface area (Å²) in [5, 5.41) is 0. The van der Waals surface area contributed by atoms with E-state index in [0.717, 1.165) is 24.0 Å². The van der Waals surface area contributed by atoms with Crippen LogP contribution in [-0.2, 0) is 17.6 Å². The van der Waals surface area contributed by atoms with Crippen LogP contribution in [0.5, 0.6) is 0 Å². The Hall–Kier alpha value is -1.55. The van der Waals surface area contributed by atoms with E-state index in [4.69, 9.17) is 0 Å². The third-order valence-electron chi connectivity index (χ3n) is 4.01. The molecule has 3 rings (SSSR count). The third-order valence-corrected chi connectivity index (χ3v) is 4.62. The molecule has 21 heavy (non-hydrogen) atoms. The van der Waals surface area contributed by atoms with Crippen molar-refractivity contribution in [2.75, 3.05) is 0 Å². The van der Waals surface area contributed by atoms with E-state index in [1.165, 1.54) is 12.1 Å². The molecule has 0 aromatic heterocycles. The van der Waals surface area contributed by atoms with Crippen LogP contribution in [0, 0.1) is 11.6 Å². The Morgan fingerprint density at radius 1 is 1.19 bits per heavy atom. The van der Waals surface area contributed by atoms with Gasteiger partial charge in [0, 0.05) is 17.9 Å². The van der Waals surface area contributed by atoms with E-state index in [1.54, 1.807) is 0 Å². The van der Waals surface area contributed by atoms with Crippen LogP contribution in [0.25, 0.3) is 0 Å². The summed E-state index contributed by atoms with van der Waals surface area (Å²) in [6.07, 6.45) is 1.35. The maximum absolute atomic E-state index is 14.0. The Kier molecular flexibility index (Phi) is 3.89. The van der Waals surface area contributed by atoms with E-state index in [0.29, 0.717) is 0 Å². The lowest BCUT2D eigenvalue weighted by Gasteiger charge is -2.12. The molecule has 108 valence electrons. The molecular weight excluding hydrogens is 338 g/mol. The summed E-state index contributed by atoms with van der Waals surface area (Å²) in [6.45, 7) is 0. The minimum atomic E-state index is -0.686. The van der Waals surface area contributed by atoms with Crippen LogP contribution in [0.15, 0.2) is 40.9 Å². The van der Waals surface area contributed by atoms with E-state index in [9.17, 15) is 13.6 Å². The first-order valence-corrected chi connectivity index (χ1v) is 7.60. The number of halogens is 3. The molecule has 4 heteroatoms. The molecule has 0 N–H and O–H groups in total. The number of carbonyl (C=O) groups is 1. The summed E-state index contributed by atoms with van der Waals surface area (Å²) in [4.78, 5) is 12.4. The van der Waals surface area contributed by atoms with Gasteiger partial charge in [-0.3, -0.25) is 4.79 Å². The Labute approximate surface area is 130 Å². The summed E-state index contributed by atoms with van der Waals surface area (Å²) in [5.41, 5.74) is 2.00. The third kappa shape index (κ3) is 2.64. The first kappa shape index (κ1) is 14.4. The van der Waals surface area contributed by atoms with Crippen molar-refractivity contribution in [2.24, 2.45) is 0 Å². The first-order valence-electron chi connectivity index (χ1n) is 6.81. The van der Waals surface area contributed by atoms with Gasteiger partial charge in [-0.2, -0.15) is 0 Å². The highest BCUT2D eigenvalue weighted by Gasteiger charge is 2.29. The minimum Gasteiger partial charge on any atom is -0.299 e. The predicted octanol–water partition coefficient (Wildman–Crippen LogP) is 4.57. The monoisotopic (exact) mass is 350 g/mol. The van der Waals surface area contributed by atoms with E-state index >= 15 is 0 Å². The molecule has 2 aromatic rings. The van der Waals surface area contributed by atoms with E-state index < -0.39 is 11.6 Å². The molecule has 1 unspecified atom stereocenters. The van der Waals surface area contributed by atoms with Crippen molar-refractivity contribution >= 4 is 21.7 Å². The lowest BCUT2D eigenvalue weighted by molar-refractivity contribution is -0.119. The molecule has 1 nitrogen and oxygen atoms in total. The van der Waals surface area contributed by atoms with Crippen LogP contribution in [0.1, 0.15) is 29.0 Å². The smallest absolute Gasteiger partial charge is 0.144 e. The second-order valence-electron chi connectivity index (χ2n) is 5.25. The minimum absolute atomic E-state index is 0.129. The van der Waals surface area contributed by atoms with Gasteiger partial charge in [-0.1, -0.05) is 24.3 Å². The van der Waals surface area contributed by atoms with E-state index in [-0.39, 0.29) is 28.2 Å². The molecular formula is C17H13BrF2O. The molecule has 1 aliphatic rings. The molecule has 0 amide bonds. The highest BCUT2D eigenvalue weighted by molar-refractivity contribution is 9.10. The summed E-state index contributed by atoms with van der Waals surface area (Å²) < 4.78 is 27.9. The van der Waals surface area contributed by atoms with Crippen LogP contribution in [0.2, 0.25) is 0 Å². The van der Waals surface area contributed by atoms with Crippen LogP contribution >= 0.6 is 15.9 Å². The number of fused-ring (bicyclic) bond motifs is 1. The number of hydrogen-bond acceptors (Lipinski definition) is 1. The quantitative estimate of drug-likeness (QED) is 0.741. The fourth-order valence-corrected chi connectivity index (χ4v) is 3.29. The van der Waals surface area contributed by atoms with Crippen molar-refractivity contribution in [2.45, 2.75) is 25.2 Å². The number of carbonyl (C=O) groups excluding carboxylic acids is 1. The second-order valence-corrected chi connectivity index (χ2v) is 6.11. The highest BCUT2D eigenvalue weighted by atomic mass is 79.9. The number of hydrogen-bond donors (Lipinski definition) is 0. The van der Waals surface area contributed by atoms with E-state index in [1.807, 2.05) is 24.3 Å². The van der Waals surface area contributed by atoms with Gasteiger partial charge >= 0.3 is 0 Å². The van der Waals surface area contributed by atoms with E-state index in [2.05, 4.69) is 15.9 Å². The van der Waals surface area contributed by atoms with Gasteiger partial charge < -0.3 is 0 Å². The Balaban J connectivity index is 1.87. The molecule has 0 spiro atoms. The SMILES string of the molecule is O=C(Cc1c(F)ccc(Br)c1F)C1CCc2ccccc21. The van der Waals surface area contributed by atoms with Gasteiger partial charge in [0.05, 0.1) is 4.47 Å². The Morgan fingerprint density at radius 3 is 2.76 bits per heavy atom. The van der Waals surface area contributed by atoms with Gasteiger partial charge in [0.25, 0.3) is 0 Å². The maximum Gasteiger partial charge on any atom is 0.144 e. The molecule has 2 aromatic carbocycles. The lowest BCUT2D eigenvalue weighted by atomic mass is 9.92. The van der Waals surface area contributed by atoms with Crippen molar-refractivity contribution in [3.8, 4) is 0 Å². The van der Waals surface area contributed by atoms with Gasteiger partial charge in [0.2, 0.25) is 0 Å². The summed E-state index contributed by atoms with van der Waals surface area (Å²) in [6, 6.07) is 10.3. The molecule has 0 saturated heterocycles. The Bertz CT molecular complexity index is 712. The largest absolute Gasteiger partial charge is 0.299 e. The summed E-state index contributed by atoms with van der Waals surface area (Å²) >= 11 is 3.03. The number of Topliss-reactive ketones (excluding diaryl/α,β-unsaturated/α-hetero) is 1. The van der Waals surface area contributed by atoms with Gasteiger partial charge in [-0.25, -0.2) is 8.78 Å². The zero-order valence-corrected chi connectivity index (χ0v) is 12.8. The number of aryl methyl sites for hydroxylation is 1. The average Bonchev–Trinajstić information content (AvgIpc) is 2.91. The number of benzene rings is 2. The van der Waals surface area contributed by atoms with Gasteiger partial charge in [0.1, 0.15) is 17.4 Å². The van der Waals surface area contributed by atoms with Crippen molar-refractivity contribution in [3.63, 3.8) is 0 Å². The van der Waals surface area contributed by atoms with Crippen LogP contribution in [0.3, 0.4) is 0 Å². The Morgan fingerprint density at radius 2 is 1.95 bits per heavy atom. The van der Waals surface area contributed by atoms with Gasteiger partial charge in [-0.05, 0) is 52.0 Å². The van der Waals surface area contributed by atoms with Crippen molar-refractivity contribution in [1.29, 1.82) is 0 Å². The molecule has 0 radical (unpaired) electrons. The second kappa shape index (κ2) is 5.68. The number of rotatable bonds is 3. The van der Waals surface area contributed by atoms with Crippen LogP contribution < -0.4 is 0 Å². The predicted molar refractivity (Wildman–Crippen MR) is 80.3 cm³/mol. The van der Waals surface area contributed by atoms with Crippen molar-refractivity contribution in [3.05, 3.63) is 69.2 Å². The van der Waals surface area contributed by atoms with Crippen molar-refractivity contribution < 1.29 is 13.6 Å². The maximum atomic E-state index is 14.0. The molecule has 1 aliphatic carbocycles. The molecule has 0 fully saturated rings. The van der Waals surface area contributed by atoms with Crippen molar-refractivity contribution in [1.82, 2.24) is 0 Å². The topological polar surface area (TPSA) is 17.1 Å². The zero-order chi connectivity index (χ0) is 15.0. The van der Waals surface area contributed by atoms with Gasteiger partial charge in [-0.15, -0.1) is 0 Å². The summed E-state index contributed by atoms with van der Waals surface area (Å²) in [5.74, 6) is -1.74. The fraction of sp³-hybridized carbons (Fsp3) is 0.235. The molecule has 0 heterocycles. The number of ketones is 1. The molecule has 0 saturated carbocycles. The average molecular weight is 351 g/mol. The zero-order valence-electron chi connectivity index (χ0n) is 11.2. The lowest BCUT2D eigenvalue weighted by Crippen LogP contribution is -2.14. The fourth-order valence-electron chi connectivity index (χ4n) is 2.92. The highest BCUT2D eigenvalue weighted by Crippen LogP contribution is 2.35. The standard InChI is InChI=1S/C17H13BrF2O/c18-14-7-8-15(19)13(17(14)20)9-16(21)12-6-5-10-3-1-2-4-11(10)12/h1-4,7-8,12H,5-6,9H2. The van der Waals surface area contributed by atoms with Gasteiger partial charge in [0.15, 0.2) is 0 Å². The molecule has 0 aliphatic heterocycles. The molecule has 0 bridgehead atoms. The first-order chi connectivity index (χ1) is 10.1. The summed E-state index contributed by atoms with van der Waals surface area (Å²) in [7, 11) is 0. The van der Waals surface area contributed by atoms with Crippen LogP contribution in [0.4, 0.5) is 8.78 Å². The molecule has 1 atom stereocenters. The van der Waals surface area contributed by atoms with Crippen LogP contribution in [-0.4, -0.2) is 5.78 Å².